The normalized spacial score (nSPS) is 11.1. The van der Waals surface area contributed by atoms with Crippen molar-refractivity contribution in [2.75, 3.05) is 24.2 Å². The first kappa shape index (κ1) is 18.0. The molecule has 0 aliphatic rings. The van der Waals surface area contributed by atoms with Crippen molar-refractivity contribution >= 4 is 21.6 Å². The molecular weight excluding hydrogens is 324 g/mol. The second kappa shape index (κ2) is 7.49. The molecule has 2 rings (SSSR count). The van der Waals surface area contributed by atoms with Gasteiger partial charge in [-0.25, -0.2) is 8.42 Å². The van der Waals surface area contributed by atoms with Gasteiger partial charge in [-0.15, -0.1) is 0 Å². The van der Waals surface area contributed by atoms with E-state index in [2.05, 4.69) is 0 Å². The number of rotatable bonds is 6. The van der Waals surface area contributed by atoms with Gasteiger partial charge in [0.15, 0.2) is 0 Å². The monoisotopic (exact) mass is 346 g/mol. The smallest absolute Gasteiger partial charge is 0.243 e. The number of amides is 1. The van der Waals surface area contributed by atoms with E-state index in [1.807, 2.05) is 31.2 Å². The lowest BCUT2D eigenvalue weighted by Crippen LogP contribution is -2.41. The minimum atomic E-state index is -3.54. The van der Waals surface area contributed by atoms with Crippen LogP contribution in [0.15, 0.2) is 54.6 Å². The number of likely N-dealkylation sites (N-methyl/N-ethyl adjacent to an activating group) is 1. The third kappa shape index (κ3) is 4.83. The fourth-order valence-electron chi connectivity index (χ4n) is 2.29. The molecule has 6 heteroatoms. The Morgan fingerprint density at radius 2 is 1.58 bits per heavy atom. The molecular formula is C18H22N2O3S. The number of carbonyl (C=O) groups is 1. The topological polar surface area (TPSA) is 57.7 Å². The number of hydrogen-bond acceptors (Lipinski definition) is 3. The van der Waals surface area contributed by atoms with Crippen LogP contribution < -0.4 is 4.31 Å². The molecule has 0 spiro atoms. The summed E-state index contributed by atoms with van der Waals surface area (Å²) < 4.78 is 25.2. The van der Waals surface area contributed by atoms with Crippen molar-refractivity contribution in [2.24, 2.45) is 0 Å². The number of hydrogen-bond donors (Lipinski definition) is 0. The van der Waals surface area contributed by atoms with E-state index in [0.717, 1.165) is 21.7 Å². The highest BCUT2D eigenvalue weighted by Gasteiger charge is 2.22. The Kier molecular flexibility index (Phi) is 5.62. The summed E-state index contributed by atoms with van der Waals surface area (Å²) in [6, 6.07) is 16.5. The van der Waals surface area contributed by atoms with Gasteiger partial charge in [0.25, 0.3) is 0 Å². The third-order valence-electron chi connectivity index (χ3n) is 3.69. The van der Waals surface area contributed by atoms with Crippen molar-refractivity contribution in [3.8, 4) is 0 Å². The van der Waals surface area contributed by atoms with Gasteiger partial charge in [-0.1, -0.05) is 48.0 Å². The summed E-state index contributed by atoms with van der Waals surface area (Å²) in [5.74, 6) is -0.259. The van der Waals surface area contributed by atoms with E-state index in [9.17, 15) is 13.2 Å². The minimum absolute atomic E-state index is 0.217. The molecule has 1 amide bonds. The molecule has 0 fully saturated rings. The molecule has 0 bridgehead atoms. The highest BCUT2D eigenvalue weighted by atomic mass is 32.2. The molecule has 0 saturated carbocycles. The van der Waals surface area contributed by atoms with Gasteiger partial charge >= 0.3 is 0 Å². The molecule has 0 unspecified atom stereocenters. The Balaban J connectivity index is 2.11. The van der Waals surface area contributed by atoms with Gasteiger partial charge in [-0.05, 0) is 24.6 Å². The van der Waals surface area contributed by atoms with Gasteiger partial charge in [-0.2, -0.15) is 0 Å². The summed E-state index contributed by atoms with van der Waals surface area (Å²) in [6.07, 6.45) is 1.10. The number of carbonyl (C=O) groups excluding carboxylic acids is 1. The van der Waals surface area contributed by atoms with Gasteiger partial charge < -0.3 is 4.90 Å². The lowest BCUT2D eigenvalue weighted by molar-refractivity contribution is -0.128. The zero-order valence-corrected chi connectivity index (χ0v) is 15.0. The summed E-state index contributed by atoms with van der Waals surface area (Å²) in [7, 11) is -1.86. The molecule has 2 aromatic carbocycles. The second-order valence-electron chi connectivity index (χ2n) is 5.84. The largest absolute Gasteiger partial charge is 0.340 e. The van der Waals surface area contributed by atoms with E-state index in [1.54, 1.807) is 37.4 Å². The Hall–Kier alpha value is -2.34. The van der Waals surface area contributed by atoms with E-state index in [1.165, 1.54) is 4.90 Å². The number of anilines is 1. The van der Waals surface area contributed by atoms with Crippen molar-refractivity contribution in [1.29, 1.82) is 0 Å². The molecule has 0 aromatic heterocycles. The quantitative estimate of drug-likeness (QED) is 0.807. The van der Waals surface area contributed by atoms with Crippen LogP contribution in [0, 0.1) is 6.92 Å². The summed E-state index contributed by atoms with van der Waals surface area (Å²) in [4.78, 5) is 14.0. The highest BCUT2D eigenvalue weighted by molar-refractivity contribution is 7.92. The van der Waals surface area contributed by atoms with Crippen LogP contribution in [0.5, 0.6) is 0 Å². The fraction of sp³-hybridized carbons (Fsp3) is 0.278. The average Bonchev–Trinajstić information content (AvgIpc) is 2.54. The van der Waals surface area contributed by atoms with E-state index in [4.69, 9.17) is 0 Å². The van der Waals surface area contributed by atoms with Crippen LogP contribution in [-0.2, 0) is 21.4 Å². The molecule has 0 atom stereocenters. The Morgan fingerprint density at radius 3 is 2.12 bits per heavy atom. The van der Waals surface area contributed by atoms with Gasteiger partial charge in [-0.3, -0.25) is 9.10 Å². The predicted octanol–water partition coefficient (Wildman–Crippen LogP) is 2.42. The maximum Gasteiger partial charge on any atom is 0.243 e. The van der Waals surface area contributed by atoms with Gasteiger partial charge in [0, 0.05) is 13.6 Å². The van der Waals surface area contributed by atoms with E-state index < -0.39 is 10.0 Å². The summed E-state index contributed by atoms with van der Waals surface area (Å²) in [6.45, 7) is 2.22. The van der Waals surface area contributed by atoms with Crippen molar-refractivity contribution in [3.05, 3.63) is 65.7 Å². The van der Waals surface area contributed by atoms with Gasteiger partial charge in [0.2, 0.25) is 15.9 Å². The van der Waals surface area contributed by atoms with Crippen LogP contribution in [0.3, 0.4) is 0 Å². The highest BCUT2D eigenvalue weighted by Crippen LogP contribution is 2.17. The Labute approximate surface area is 143 Å². The molecule has 0 heterocycles. The molecule has 0 aliphatic heterocycles. The van der Waals surface area contributed by atoms with Gasteiger partial charge in [0.1, 0.15) is 6.54 Å². The van der Waals surface area contributed by atoms with Gasteiger partial charge in [0.05, 0.1) is 11.9 Å². The van der Waals surface area contributed by atoms with Crippen LogP contribution in [0.2, 0.25) is 0 Å². The maximum atomic E-state index is 12.5. The van der Waals surface area contributed by atoms with Crippen molar-refractivity contribution in [1.82, 2.24) is 4.90 Å². The summed E-state index contributed by atoms with van der Waals surface area (Å²) in [5.41, 5.74) is 2.64. The van der Waals surface area contributed by atoms with Crippen LogP contribution in [0.4, 0.5) is 5.69 Å². The van der Waals surface area contributed by atoms with Crippen LogP contribution in [0.25, 0.3) is 0 Å². The number of benzene rings is 2. The predicted molar refractivity (Wildman–Crippen MR) is 96.3 cm³/mol. The minimum Gasteiger partial charge on any atom is -0.340 e. The molecule has 2 aromatic rings. The summed E-state index contributed by atoms with van der Waals surface area (Å²) in [5, 5.41) is 0. The molecule has 5 nitrogen and oxygen atoms in total. The third-order valence-corrected chi connectivity index (χ3v) is 4.83. The lowest BCUT2D eigenvalue weighted by atomic mass is 10.1. The number of sulfonamides is 1. The Morgan fingerprint density at radius 1 is 1.00 bits per heavy atom. The fourth-order valence-corrected chi connectivity index (χ4v) is 3.14. The first-order valence-corrected chi connectivity index (χ1v) is 9.44. The molecule has 128 valence electrons. The zero-order valence-electron chi connectivity index (χ0n) is 14.1. The first-order valence-electron chi connectivity index (χ1n) is 7.59. The van der Waals surface area contributed by atoms with Crippen molar-refractivity contribution in [2.45, 2.75) is 13.5 Å². The van der Waals surface area contributed by atoms with Crippen LogP contribution in [-0.4, -0.2) is 39.1 Å². The SMILES string of the molecule is Cc1ccc(CN(C)C(=O)CN(c2ccccc2)S(C)(=O)=O)cc1. The lowest BCUT2D eigenvalue weighted by Gasteiger charge is -2.25. The second-order valence-corrected chi connectivity index (χ2v) is 7.75. The zero-order chi connectivity index (χ0) is 17.7. The van der Waals surface area contributed by atoms with Crippen LogP contribution >= 0.6 is 0 Å². The summed E-state index contributed by atoms with van der Waals surface area (Å²) >= 11 is 0. The standard InChI is InChI=1S/C18H22N2O3S/c1-15-9-11-16(12-10-15)13-19(2)18(21)14-20(24(3,22)23)17-7-5-4-6-8-17/h4-12H,13-14H2,1-3H3. The molecule has 0 radical (unpaired) electrons. The molecule has 0 N–H and O–H groups in total. The molecule has 0 saturated heterocycles. The number of aryl methyl sites for hydroxylation is 1. The first-order chi connectivity index (χ1) is 11.3. The van der Waals surface area contributed by atoms with E-state index in [-0.39, 0.29) is 12.5 Å². The van der Waals surface area contributed by atoms with E-state index >= 15 is 0 Å². The molecule has 0 aliphatic carbocycles. The number of para-hydroxylation sites is 1. The van der Waals surface area contributed by atoms with Crippen molar-refractivity contribution < 1.29 is 13.2 Å². The average molecular weight is 346 g/mol. The maximum absolute atomic E-state index is 12.5. The van der Waals surface area contributed by atoms with Crippen LogP contribution in [0.1, 0.15) is 11.1 Å². The molecule has 24 heavy (non-hydrogen) atoms. The number of nitrogens with zero attached hydrogens (tertiary/aromatic N) is 2. The van der Waals surface area contributed by atoms with E-state index in [0.29, 0.717) is 12.2 Å². The Bertz CT molecular complexity index is 787. The van der Waals surface area contributed by atoms with Crippen molar-refractivity contribution in [3.63, 3.8) is 0 Å².